The Morgan fingerprint density at radius 2 is 2.30 bits per heavy atom. The Balaban J connectivity index is 1.45. The molecule has 2 aliphatic heterocycles. The van der Waals surface area contributed by atoms with Crippen LogP contribution in [0, 0.1) is 6.92 Å². The van der Waals surface area contributed by atoms with E-state index >= 15 is 0 Å². The molecule has 2 heterocycles. The minimum atomic E-state index is 0.0125. The minimum Gasteiger partial charge on any atom is -0.489 e. The molecule has 0 bridgehead atoms. The number of morpholine rings is 1. The highest BCUT2D eigenvalue weighted by atomic mass is 16.5. The fourth-order valence-electron chi connectivity index (χ4n) is 3.74. The zero-order valence-electron chi connectivity index (χ0n) is 16.9. The molecule has 6 nitrogen and oxygen atoms in total. The fourth-order valence-corrected chi connectivity index (χ4v) is 3.74. The van der Waals surface area contributed by atoms with Crippen molar-refractivity contribution in [3.05, 3.63) is 29.8 Å². The molecule has 3 atom stereocenters. The van der Waals surface area contributed by atoms with E-state index in [2.05, 4.69) is 46.5 Å². The van der Waals surface area contributed by atoms with Crippen molar-refractivity contribution in [3.63, 3.8) is 0 Å². The van der Waals surface area contributed by atoms with Crippen molar-refractivity contribution in [2.24, 2.45) is 4.99 Å². The lowest BCUT2D eigenvalue weighted by atomic mass is 10.2. The summed E-state index contributed by atoms with van der Waals surface area (Å²) in [6, 6.07) is 8.77. The molecule has 27 heavy (non-hydrogen) atoms. The predicted molar refractivity (Wildman–Crippen MR) is 110 cm³/mol. The monoisotopic (exact) mass is 374 g/mol. The maximum atomic E-state index is 6.02. The van der Waals surface area contributed by atoms with Crippen LogP contribution in [0.1, 0.15) is 32.3 Å². The first-order chi connectivity index (χ1) is 13.1. The number of nitrogens with zero attached hydrogens (tertiary/aromatic N) is 2. The number of aliphatic imine (C=N–C) groups is 1. The number of rotatable bonds is 7. The summed E-state index contributed by atoms with van der Waals surface area (Å²) in [5.41, 5.74) is 1.20. The van der Waals surface area contributed by atoms with Crippen LogP contribution >= 0.6 is 0 Å². The van der Waals surface area contributed by atoms with Crippen molar-refractivity contribution in [3.8, 4) is 5.75 Å². The van der Waals surface area contributed by atoms with Gasteiger partial charge in [-0.15, -0.1) is 0 Å². The summed E-state index contributed by atoms with van der Waals surface area (Å²) in [4.78, 5) is 7.25. The van der Waals surface area contributed by atoms with Crippen molar-refractivity contribution in [2.75, 3.05) is 39.3 Å². The second-order valence-corrected chi connectivity index (χ2v) is 7.59. The van der Waals surface area contributed by atoms with Gasteiger partial charge in [0, 0.05) is 25.7 Å². The van der Waals surface area contributed by atoms with Gasteiger partial charge in [0.05, 0.1) is 19.3 Å². The summed E-state index contributed by atoms with van der Waals surface area (Å²) in [6.45, 7) is 11.5. The molecule has 6 heteroatoms. The molecule has 2 fully saturated rings. The number of guanidine groups is 1. The van der Waals surface area contributed by atoms with Crippen molar-refractivity contribution in [1.29, 1.82) is 0 Å². The SMILES string of the molecule is CCNC(=NCC(C)Oc1cccc(C)c1)NCC1CN2CCCC2CO1. The van der Waals surface area contributed by atoms with Crippen LogP contribution in [-0.4, -0.2) is 68.4 Å². The van der Waals surface area contributed by atoms with Crippen molar-refractivity contribution >= 4 is 5.96 Å². The molecule has 0 amide bonds. The summed E-state index contributed by atoms with van der Waals surface area (Å²) in [7, 11) is 0. The van der Waals surface area contributed by atoms with E-state index in [1.165, 1.54) is 24.9 Å². The van der Waals surface area contributed by atoms with Gasteiger partial charge in [0.1, 0.15) is 11.9 Å². The highest BCUT2D eigenvalue weighted by Gasteiger charge is 2.32. The summed E-state index contributed by atoms with van der Waals surface area (Å²) in [6.07, 6.45) is 2.82. The second-order valence-electron chi connectivity index (χ2n) is 7.59. The maximum Gasteiger partial charge on any atom is 0.191 e. The summed E-state index contributed by atoms with van der Waals surface area (Å²) in [5.74, 6) is 1.72. The lowest BCUT2D eigenvalue weighted by Gasteiger charge is -2.35. The third kappa shape index (κ3) is 6.11. The van der Waals surface area contributed by atoms with Gasteiger partial charge < -0.3 is 20.1 Å². The van der Waals surface area contributed by atoms with Gasteiger partial charge in [0.15, 0.2) is 5.96 Å². The Bertz CT molecular complexity index is 622. The average Bonchev–Trinajstić information content (AvgIpc) is 3.12. The van der Waals surface area contributed by atoms with Crippen LogP contribution in [0.5, 0.6) is 5.75 Å². The maximum absolute atomic E-state index is 6.02. The van der Waals surface area contributed by atoms with E-state index in [1.807, 2.05) is 19.1 Å². The number of aryl methyl sites for hydroxylation is 1. The van der Waals surface area contributed by atoms with Crippen molar-refractivity contribution in [1.82, 2.24) is 15.5 Å². The molecule has 0 spiro atoms. The van der Waals surface area contributed by atoms with Crippen LogP contribution in [-0.2, 0) is 4.74 Å². The number of benzene rings is 1. The zero-order chi connectivity index (χ0) is 19.1. The lowest BCUT2D eigenvalue weighted by Crippen LogP contribution is -2.51. The van der Waals surface area contributed by atoms with Gasteiger partial charge in [-0.3, -0.25) is 4.90 Å². The van der Waals surface area contributed by atoms with Gasteiger partial charge in [-0.05, 0) is 57.9 Å². The molecule has 1 aromatic carbocycles. The summed E-state index contributed by atoms with van der Waals surface area (Å²) < 4.78 is 12.0. The smallest absolute Gasteiger partial charge is 0.191 e. The van der Waals surface area contributed by atoms with Gasteiger partial charge in [-0.1, -0.05) is 12.1 Å². The third-order valence-electron chi connectivity index (χ3n) is 5.14. The van der Waals surface area contributed by atoms with Gasteiger partial charge >= 0.3 is 0 Å². The van der Waals surface area contributed by atoms with Gasteiger partial charge in [-0.2, -0.15) is 0 Å². The van der Waals surface area contributed by atoms with Gasteiger partial charge in [0.25, 0.3) is 0 Å². The normalized spacial score (nSPS) is 24.3. The minimum absolute atomic E-state index is 0.0125. The van der Waals surface area contributed by atoms with E-state index in [4.69, 9.17) is 9.47 Å². The first kappa shape index (κ1) is 20.0. The Morgan fingerprint density at radius 3 is 3.11 bits per heavy atom. The largest absolute Gasteiger partial charge is 0.489 e. The molecule has 2 aliphatic rings. The number of fused-ring (bicyclic) bond motifs is 1. The van der Waals surface area contributed by atoms with Crippen LogP contribution in [0.4, 0.5) is 0 Å². The molecule has 0 aromatic heterocycles. The summed E-state index contributed by atoms with van der Waals surface area (Å²) in [5, 5.41) is 6.74. The van der Waals surface area contributed by atoms with Crippen LogP contribution in [0.15, 0.2) is 29.3 Å². The molecule has 0 saturated carbocycles. The number of nitrogens with one attached hydrogen (secondary N) is 2. The number of hydrogen-bond acceptors (Lipinski definition) is 4. The molecule has 3 unspecified atom stereocenters. The van der Waals surface area contributed by atoms with Gasteiger partial charge in [-0.25, -0.2) is 4.99 Å². The molecular weight excluding hydrogens is 340 g/mol. The average molecular weight is 375 g/mol. The van der Waals surface area contributed by atoms with E-state index in [0.29, 0.717) is 12.6 Å². The molecule has 0 aliphatic carbocycles. The molecule has 2 saturated heterocycles. The van der Waals surface area contributed by atoms with E-state index in [1.54, 1.807) is 0 Å². The Hall–Kier alpha value is -1.79. The Kier molecular flexibility index (Phi) is 7.35. The van der Waals surface area contributed by atoms with E-state index in [0.717, 1.165) is 38.0 Å². The quantitative estimate of drug-likeness (QED) is 0.566. The zero-order valence-corrected chi connectivity index (χ0v) is 16.9. The van der Waals surface area contributed by atoms with Crippen LogP contribution < -0.4 is 15.4 Å². The van der Waals surface area contributed by atoms with E-state index in [-0.39, 0.29) is 12.2 Å². The van der Waals surface area contributed by atoms with Crippen molar-refractivity contribution < 1.29 is 9.47 Å². The first-order valence-electron chi connectivity index (χ1n) is 10.2. The molecule has 2 N–H and O–H groups in total. The summed E-state index contributed by atoms with van der Waals surface area (Å²) >= 11 is 0. The second kappa shape index (κ2) is 9.95. The molecule has 3 rings (SSSR count). The first-order valence-corrected chi connectivity index (χ1v) is 10.2. The highest BCUT2D eigenvalue weighted by molar-refractivity contribution is 5.79. The van der Waals surface area contributed by atoms with E-state index in [9.17, 15) is 0 Å². The number of ether oxygens (including phenoxy) is 2. The Morgan fingerprint density at radius 1 is 1.41 bits per heavy atom. The Labute approximate surface area is 163 Å². The molecule has 1 aromatic rings. The highest BCUT2D eigenvalue weighted by Crippen LogP contribution is 2.22. The van der Waals surface area contributed by atoms with Gasteiger partial charge in [0.2, 0.25) is 0 Å². The van der Waals surface area contributed by atoms with Crippen molar-refractivity contribution in [2.45, 2.75) is 51.9 Å². The van der Waals surface area contributed by atoms with Crippen LogP contribution in [0.2, 0.25) is 0 Å². The molecule has 0 radical (unpaired) electrons. The number of hydrogen-bond donors (Lipinski definition) is 2. The fraction of sp³-hybridized carbons (Fsp3) is 0.667. The molecular formula is C21H34N4O2. The molecule has 150 valence electrons. The van der Waals surface area contributed by atoms with Crippen LogP contribution in [0.25, 0.3) is 0 Å². The standard InChI is InChI=1S/C21H34N4O2/c1-4-22-21(23-12-17(3)27-19-9-5-7-16(2)11-19)24-13-20-14-25-10-6-8-18(25)15-26-20/h5,7,9,11,17-18,20H,4,6,8,10,12-15H2,1-3H3,(H2,22,23,24). The van der Waals surface area contributed by atoms with E-state index < -0.39 is 0 Å². The lowest BCUT2D eigenvalue weighted by molar-refractivity contribution is -0.0453. The topological polar surface area (TPSA) is 58.1 Å². The third-order valence-corrected chi connectivity index (χ3v) is 5.14. The predicted octanol–water partition coefficient (Wildman–Crippen LogP) is 2.18. The van der Waals surface area contributed by atoms with Crippen LogP contribution in [0.3, 0.4) is 0 Å².